The molecule has 0 aliphatic rings. The number of hydrogen-bond donors (Lipinski definition) is 0. The van der Waals surface area contributed by atoms with E-state index in [4.69, 9.17) is 9.47 Å². The van der Waals surface area contributed by atoms with Crippen LogP contribution in [0.3, 0.4) is 0 Å². The summed E-state index contributed by atoms with van der Waals surface area (Å²) >= 11 is 3.41. The van der Waals surface area contributed by atoms with E-state index in [1.165, 1.54) is 11.1 Å². The van der Waals surface area contributed by atoms with Gasteiger partial charge in [0.25, 0.3) is 0 Å². The molecular weight excluding hydrogens is 232 g/mol. The lowest BCUT2D eigenvalue weighted by molar-refractivity contribution is -0.0392. The molecule has 1 aromatic carbocycles. The summed E-state index contributed by atoms with van der Waals surface area (Å²) in [5, 5.41) is 0. The Balaban J connectivity index is 2.56. The summed E-state index contributed by atoms with van der Waals surface area (Å²) in [6, 6.07) is 6.14. The van der Waals surface area contributed by atoms with Gasteiger partial charge in [-0.05, 0) is 30.2 Å². The lowest BCUT2D eigenvalue weighted by Crippen LogP contribution is -1.98. The molecule has 0 heterocycles. The Hall–Kier alpha value is -0.380. The van der Waals surface area contributed by atoms with Crippen LogP contribution in [0, 0.1) is 6.92 Å². The van der Waals surface area contributed by atoms with Gasteiger partial charge in [-0.1, -0.05) is 22.0 Å². The maximum atomic E-state index is 5.25. The summed E-state index contributed by atoms with van der Waals surface area (Å²) < 4.78 is 11.1. The number of aryl methyl sites for hydroxylation is 1. The number of ether oxygens (including phenoxy) is 2. The normalized spacial score (nSPS) is 10.4. The van der Waals surface area contributed by atoms with Gasteiger partial charge in [-0.2, -0.15) is 0 Å². The first-order valence-electron chi connectivity index (χ1n) is 4.05. The van der Waals surface area contributed by atoms with Crippen LogP contribution in [0.1, 0.15) is 11.1 Å². The largest absolute Gasteiger partial charge is 0.359 e. The van der Waals surface area contributed by atoms with Crippen molar-refractivity contribution in [2.75, 3.05) is 13.9 Å². The number of methoxy groups -OCH3 is 1. The minimum atomic E-state index is 0.343. The Bertz CT molecular complexity index is 274. The standard InChI is InChI=1S/C10H13BrO2/c1-8-5-10(11)4-3-9(8)6-13-7-12-2/h3-5H,6-7H2,1-2H3. The predicted octanol–water partition coefficient (Wildman–Crippen LogP) is 2.88. The minimum Gasteiger partial charge on any atom is -0.359 e. The van der Waals surface area contributed by atoms with Crippen molar-refractivity contribution in [3.63, 3.8) is 0 Å². The quantitative estimate of drug-likeness (QED) is 0.599. The fraction of sp³-hybridized carbons (Fsp3) is 0.400. The zero-order valence-corrected chi connectivity index (χ0v) is 9.43. The van der Waals surface area contributed by atoms with Crippen LogP contribution in [0.2, 0.25) is 0 Å². The first kappa shape index (κ1) is 10.7. The minimum absolute atomic E-state index is 0.343. The molecule has 1 rings (SSSR count). The summed E-state index contributed by atoms with van der Waals surface area (Å²) in [5.74, 6) is 0. The molecule has 3 heteroatoms. The monoisotopic (exact) mass is 244 g/mol. The van der Waals surface area contributed by atoms with Crippen molar-refractivity contribution in [3.8, 4) is 0 Å². The Kier molecular flexibility index (Phi) is 4.42. The summed E-state index contributed by atoms with van der Waals surface area (Å²) in [5.41, 5.74) is 2.42. The predicted molar refractivity (Wildman–Crippen MR) is 55.5 cm³/mol. The van der Waals surface area contributed by atoms with Crippen molar-refractivity contribution in [1.82, 2.24) is 0 Å². The third kappa shape index (κ3) is 3.46. The van der Waals surface area contributed by atoms with Crippen LogP contribution in [0.25, 0.3) is 0 Å². The van der Waals surface area contributed by atoms with E-state index in [1.807, 2.05) is 6.07 Å². The van der Waals surface area contributed by atoms with Crippen LogP contribution in [-0.4, -0.2) is 13.9 Å². The molecule has 0 bridgehead atoms. The molecule has 0 unspecified atom stereocenters. The molecule has 0 amide bonds. The molecule has 0 saturated heterocycles. The Morgan fingerprint density at radius 3 is 2.77 bits per heavy atom. The van der Waals surface area contributed by atoms with E-state index in [0.717, 1.165) is 4.47 Å². The van der Waals surface area contributed by atoms with Crippen molar-refractivity contribution in [3.05, 3.63) is 33.8 Å². The van der Waals surface area contributed by atoms with Gasteiger partial charge in [0.2, 0.25) is 0 Å². The number of halogens is 1. The zero-order chi connectivity index (χ0) is 9.68. The van der Waals surface area contributed by atoms with Gasteiger partial charge in [0.05, 0.1) is 6.61 Å². The molecule has 0 N–H and O–H groups in total. The van der Waals surface area contributed by atoms with Gasteiger partial charge >= 0.3 is 0 Å². The molecule has 0 saturated carbocycles. The highest BCUT2D eigenvalue weighted by atomic mass is 79.9. The van der Waals surface area contributed by atoms with Crippen molar-refractivity contribution in [1.29, 1.82) is 0 Å². The Morgan fingerprint density at radius 1 is 1.38 bits per heavy atom. The second kappa shape index (κ2) is 5.37. The van der Waals surface area contributed by atoms with Gasteiger partial charge < -0.3 is 9.47 Å². The van der Waals surface area contributed by atoms with Crippen molar-refractivity contribution >= 4 is 15.9 Å². The second-order valence-corrected chi connectivity index (χ2v) is 3.74. The van der Waals surface area contributed by atoms with E-state index in [1.54, 1.807) is 7.11 Å². The average molecular weight is 245 g/mol. The first-order valence-corrected chi connectivity index (χ1v) is 4.85. The lowest BCUT2D eigenvalue weighted by atomic mass is 10.1. The molecule has 72 valence electrons. The fourth-order valence-electron chi connectivity index (χ4n) is 1.06. The SMILES string of the molecule is COCOCc1ccc(Br)cc1C. The van der Waals surface area contributed by atoms with E-state index in [9.17, 15) is 0 Å². The lowest BCUT2D eigenvalue weighted by Gasteiger charge is -2.06. The van der Waals surface area contributed by atoms with Gasteiger partial charge in [0.1, 0.15) is 6.79 Å². The molecular formula is C10H13BrO2. The zero-order valence-electron chi connectivity index (χ0n) is 7.84. The van der Waals surface area contributed by atoms with E-state index in [0.29, 0.717) is 13.4 Å². The molecule has 0 fully saturated rings. The molecule has 0 aliphatic carbocycles. The maximum Gasteiger partial charge on any atom is 0.146 e. The van der Waals surface area contributed by atoms with E-state index < -0.39 is 0 Å². The molecule has 0 aliphatic heterocycles. The van der Waals surface area contributed by atoms with Crippen LogP contribution in [-0.2, 0) is 16.1 Å². The van der Waals surface area contributed by atoms with Gasteiger partial charge in [-0.25, -0.2) is 0 Å². The van der Waals surface area contributed by atoms with Crippen LogP contribution < -0.4 is 0 Å². The first-order chi connectivity index (χ1) is 6.24. The highest BCUT2D eigenvalue weighted by Crippen LogP contribution is 2.16. The fourth-order valence-corrected chi connectivity index (χ4v) is 1.53. The average Bonchev–Trinajstić information content (AvgIpc) is 2.09. The summed E-state index contributed by atoms with van der Waals surface area (Å²) in [6.07, 6.45) is 0. The molecule has 0 radical (unpaired) electrons. The molecule has 13 heavy (non-hydrogen) atoms. The third-order valence-electron chi connectivity index (χ3n) is 1.76. The topological polar surface area (TPSA) is 18.5 Å². The number of benzene rings is 1. The maximum absolute atomic E-state index is 5.25. The molecule has 1 aromatic rings. The molecule has 0 aromatic heterocycles. The van der Waals surface area contributed by atoms with Gasteiger partial charge in [0.15, 0.2) is 0 Å². The van der Waals surface area contributed by atoms with Gasteiger partial charge in [-0.3, -0.25) is 0 Å². The van der Waals surface area contributed by atoms with Gasteiger partial charge in [0, 0.05) is 11.6 Å². The van der Waals surface area contributed by atoms with Crippen LogP contribution in [0.5, 0.6) is 0 Å². The molecule has 0 atom stereocenters. The van der Waals surface area contributed by atoms with Gasteiger partial charge in [-0.15, -0.1) is 0 Å². The molecule has 0 spiro atoms. The van der Waals surface area contributed by atoms with Crippen molar-refractivity contribution < 1.29 is 9.47 Å². The number of hydrogen-bond acceptors (Lipinski definition) is 2. The van der Waals surface area contributed by atoms with Crippen LogP contribution in [0.4, 0.5) is 0 Å². The van der Waals surface area contributed by atoms with E-state index in [-0.39, 0.29) is 0 Å². The third-order valence-corrected chi connectivity index (χ3v) is 2.26. The van der Waals surface area contributed by atoms with Crippen LogP contribution >= 0.6 is 15.9 Å². The number of rotatable bonds is 4. The smallest absolute Gasteiger partial charge is 0.146 e. The van der Waals surface area contributed by atoms with Crippen molar-refractivity contribution in [2.45, 2.75) is 13.5 Å². The Labute approximate surface area is 87.0 Å². The summed E-state index contributed by atoms with van der Waals surface area (Å²) in [4.78, 5) is 0. The summed E-state index contributed by atoms with van der Waals surface area (Å²) in [7, 11) is 1.62. The molecule has 2 nitrogen and oxygen atoms in total. The van der Waals surface area contributed by atoms with Crippen molar-refractivity contribution in [2.24, 2.45) is 0 Å². The highest BCUT2D eigenvalue weighted by Gasteiger charge is 1.98. The highest BCUT2D eigenvalue weighted by molar-refractivity contribution is 9.10. The van der Waals surface area contributed by atoms with E-state index >= 15 is 0 Å². The summed E-state index contributed by atoms with van der Waals surface area (Å²) in [6.45, 7) is 3.01. The second-order valence-electron chi connectivity index (χ2n) is 2.83. The Morgan fingerprint density at radius 2 is 2.15 bits per heavy atom. The van der Waals surface area contributed by atoms with Crippen LogP contribution in [0.15, 0.2) is 22.7 Å². The van der Waals surface area contributed by atoms with E-state index in [2.05, 4.69) is 35.0 Å².